The number of nitrogens with zero attached hydrogens (tertiary/aromatic N) is 1. The highest BCUT2D eigenvalue weighted by Gasteiger charge is 2.43. The van der Waals surface area contributed by atoms with Crippen molar-refractivity contribution in [2.75, 3.05) is 26.3 Å². The Morgan fingerprint density at radius 2 is 2.00 bits per heavy atom. The third-order valence-corrected chi connectivity index (χ3v) is 3.55. The van der Waals surface area contributed by atoms with Gasteiger partial charge in [-0.25, -0.2) is 9.59 Å². The van der Waals surface area contributed by atoms with Crippen LogP contribution in [0.4, 0.5) is 4.79 Å². The molecular weight excluding hydrogens is 240 g/mol. The van der Waals surface area contributed by atoms with Gasteiger partial charge in [-0.15, -0.1) is 0 Å². The second-order valence-electron chi connectivity index (χ2n) is 4.82. The van der Waals surface area contributed by atoms with Gasteiger partial charge >= 0.3 is 12.0 Å². The van der Waals surface area contributed by atoms with E-state index >= 15 is 0 Å². The molecule has 18 heavy (non-hydrogen) atoms. The summed E-state index contributed by atoms with van der Waals surface area (Å²) in [4.78, 5) is 24.8. The molecule has 2 rings (SSSR count). The van der Waals surface area contributed by atoms with Crippen molar-refractivity contribution in [3.05, 3.63) is 0 Å². The maximum atomic E-state index is 12.0. The van der Waals surface area contributed by atoms with Crippen LogP contribution in [0.25, 0.3) is 0 Å². The number of β-amino-alcohol motifs (C(OH)–C–C–N with tert-alkyl or cyclic N) is 1. The van der Waals surface area contributed by atoms with Gasteiger partial charge in [-0.2, -0.15) is 0 Å². The lowest BCUT2D eigenvalue weighted by Gasteiger charge is -2.35. The second-order valence-corrected chi connectivity index (χ2v) is 4.82. The van der Waals surface area contributed by atoms with Crippen molar-refractivity contribution in [3.63, 3.8) is 0 Å². The first-order valence-electron chi connectivity index (χ1n) is 6.10. The molecule has 0 aromatic heterocycles. The molecule has 0 bridgehead atoms. The van der Waals surface area contributed by atoms with Gasteiger partial charge in [-0.1, -0.05) is 0 Å². The average Bonchev–Trinajstić information content (AvgIpc) is 2.77. The lowest BCUT2D eigenvalue weighted by atomic mass is 9.90. The quantitative estimate of drug-likeness (QED) is 0.614. The van der Waals surface area contributed by atoms with Crippen LogP contribution >= 0.6 is 0 Å². The zero-order chi connectivity index (χ0) is 13.2. The Morgan fingerprint density at radius 3 is 2.50 bits per heavy atom. The molecule has 0 aliphatic carbocycles. The van der Waals surface area contributed by atoms with E-state index in [1.807, 2.05) is 0 Å². The molecule has 2 aliphatic heterocycles. The van der Waals surface area contributed by atoms with Crippen LogP contribution in [0.15, 0.2) is 0 Å². The van der Waals surface area contributed by atoms with E-state index in [0.29, 0.717) is 26.2 Å². The molecule has 7 nitrogen and oxygen atoms in total. The maximum Gasteiger partial charge on any atom is 0.329 e. The molecule has 2 fully saturated rings. The summed E-state index contributed by atoms with van der Waals surface area (Å²) in [7, 11) is 0. The second kappa shape index (κ2) is 5.11. The molecule has 1 atom stereocenters. The fraction of sp³-hybridized carbons (Fsp3) is 0.818. The van der Waals surface area contributed by atoms with Crippen LogP contribution in [-0.4, -0.2) is 65.1 Å². The standard InChI is InChI=1S/C11H18N2O5/c14-8-1-4-13(7-8)10(17)12-11(9(15)16)2-5-18-6-3-11/h8,14H,1-7H2,(H,12,17)(H,15,16). The number of carbonyl (C=O) groups excluding carboxylic acids is 1. The van der Waals surface area contributed by atoms with Gasteiger partial charge in [0.15, 0.2) is 0 Å². The molecule has 102 valence electrons. The molecule has 7 heteroatoms. The predicted molar refractivity (Wildman–Crippen MR) is 61.1 cm³/mol. The first-order chi connectivity index (χ1) is 8.53. The number of hydrogen-bond acceptors (Lipinski definition) is 4. The Bertz CT molecular complexity index is 340. The average molecular weight is 258 g/mol. The molecule has 2 aliphatic rings. The van der Waals surface area contributed by atoms with Crippen molar-refractivity contribution in [1.29, 1.82) is 0 Å². The minimum atomic E-state index is -1.23. The first kappa shape index (κ1) is 13.1. The highest BCUT2D eigenvalue weighted by atomic mass is 16.5. The SMILES string of the molecule is O=C(NC1(C(=O)O)CCOCC1)N1CCC(O)C1. The molecule has 0 radical (unpaired) electrons. The summed E-state index contributed by atoms with van der Waals surface area (Å²) < 4.78 is 5.13. The minimum Gasteiger partial charge on any atom is -0.480 e. The Balaban J connectivity index is 2.00. The number of hydrogen-bond donors (Lipinski definition) is 3. The number of urea groups is 1. The molecule has 0 aromatic carbocycles. The van der Waals surface area contributed by atoms with Gasteiger partial charge in [0.25, 0.3) is 0 Å². The fourth-order valence-corrected chi connectivity index (χ4v) is 2.32. The summed E-state index contributed by atoms with van der Waals surface area (Å²) >= 11 is 0. The summed E-state index contributed by atoms with van der Waals surface area (Å²) in [5, 5.41) is 21.3. The molecule has 0 saturated carbocycles. The Morgan fingerprint density at radius 1 is 1.33 bits per heavy atom. The summed E-state index contributed by atoms with van der Waals surface area (Å²) in [6, 6.07) is -0.421. The molecule has 2 saturated heterocycles. The number of aliphatic hydroxyl groups excluding tert-OH is 1. The number of likely N-dealkylation sites (tertiary alicyclic amines) is 1. The highest BCUT2D eigenvalue weighted by molar-refractivity contribution is 5.86. The number of aliphatic hydroxyl groups is 1. The van der Waals surface area contributed by atoms with Crippen LogP contribution in [0.5, 0.6) is 0 Å². The topological polar surface area (TPSA) is 99.1 Å². The van der Waals surface area contributed by atoms with Crippen molar-refractivity contribution < 1.29 is 24.5 Å². The van der Waals surface area contributed by atoms with Gasteiger partial charge in [0.05, 0.1) is 6.10 Å². The normalized spacial score (nSPS) is 26.9. The zero-order valence-electron chi connectivity index (χ0n) is 10.1. The molecule has 3 N–H and O–H groups in total. The summed E-state index contributed by atoms with van der Waals surface area (Å²) in [5.74, 6) is -1.03. The van der Waals surface area contributed by atoms with Crippen LogP contribution in [0, 0.1) is 0 Å². The maximum absolute atomic E-state index is 12.0. The van der Waals surface area contributed by atoms with Gasteiger partial charge in [0.2, 0.25) is 0 Å². The van der Waals surface area contributed by atoms with Crippen LogP contribution in [0.3, 0.4) is 0 Å². The lowest BCUT2D eigenvalue weighted by molar-refractivity contribution is -0.148. The van der Waals surface area contributed by atoms with Crippen molar-refractivity contribution in [1.82, 2.24) is 10.2 Å². The smallest absolute Gasteiger partial charge is 0.329 e. The van der Waals surface area contributed by atoms with E-state index in [4.69, 9.17) is 4.74 Å². The Labute approximate surface area is 105 Å². The van der Waals surface area contributed by atoms with E-state index in [2.05, 4.69) is 5.32 Å². The summed E-state index contributed by atoms with van der Waals surface area (Å²) in [6.45, 7) is 1.38. The Hall–Kier alpha value is -1.34. The van der Waals surface area contributed by atoms with Gasteiger partial charge in [-0.05, 0) is 6.42 Å². The molecule has 2 amide bonds. The molecular formula is C11H18N2O5. The summed E-state index contributed by atoms with van der Waals surface area (Å²) in [5.41, 5.74) is -1.23. The molecule has 2 heterocycles. The van der Waals surface area contributed by atoms with Crippen molar-refractivity contribution in [3.8, 4) is 0 Å². The zero-order valence-corrected chi connectivity index (χ0v) is 10.1. The minimum absolute atomic E-state index is 0.262. The van der Waals surface area contributed by atoms with Crippen LogP contribution < -0.4 is 5.32 Å². The first-order valence-corrected chi connectivity index (χ1v) is 6.10. The number of ether oxygens (including phenoxy) is 1. The number of aliphatic carboxylic acids is 1. The van der Waals surface area contributed by atoms with E-state index in [1.54, 1.807) is 0 Å². The number of amides is 2. The monoisotopic (exact) mass is 258 g/mol. The van der Waals surface area contributed by atoms with Crippen molar-refractivity contribution >= 4 is 12.0 Å². The van der Waals surface area contributed by atoms with Gasteiger partial charge in [0.1, 0.15) is 5.54 Å². The number of rotatable bonds is 2. The van der Waals surface area contributed by atoms with E-state index in [9.17, 15) is 19.8 Å². The van der Waals surface area contributed by atoms with Crippen molar-refractivity contribution in [2.45, 2.75) is 30.9 Å². The van der Waals surface area contributed by atoms with E-state index in [1.165, 1.54) is 4.90 Å². The third-order valence-electron chi connectivity index (χ3n) is 3.55. The fourth-order valence-electron chi connectivity index (χ4n) is 2.32. The highest BCUT2D eigenvalue weighted by Crippen LogP contribution is 2.22. The third kappa shape index (κ3) is 2.56. The van der Waals surface area contributed by atoms with Crippen molar-refractivity contribution in [2.24, 2.45) is 0 Å². The number of nitrogens with one attached hydrogen (secondary N) is 1. The predicted octanol–water partition coefficient (Wildman–Crippen LogP) is -0.604. The van der Waals surface area contributed by atoms with Crippen LogP contribution in [-0.2, 0) is 9.53 Å². The number of carboxylic acid groups (broad SMARTS) is 1. The van der Waals surface area contributed by atoms with Gasteiger partial charge in [-0.3, -0.25) is 0 Å². The van der Waals surface area contributed by atoms with E-state index in [0.717, 1.165) is 0 Å². The van der Waals surface area contributed by atoms with E-state index in [-0.39, 0.29) is 19.4 Å². The van der Waals surface area contributed by atoms with Crippen LogP contribution in [0.1, 0.15) is 19.3 Å². The molecule has 1 unspecified atom stereocenters. The lowest BCUT2D eigenvalue weighted by Crippen LogP contribution is -2.60. The van der Waals surface area contributed by atoms with Gasteiger partial charge in [0, 0.05) is 39.1 Å². The van der Waals surface area contributed by atoms with Crippen LogP contribution in [0.2, 0.25) is 0 Å². The molecule has 0 spiro atoms. The van der Waals surface area contributed by atoms with E-state index < -0.39 is 23.6 Å². The number of carboxylic acids is 1. The number of carbonyl (C=O) groups is 2. The molecule has 0 aromatic rings. The largest absolute Gasteiger partial charge is 0.480 e. The summed E-state index contributed by atoms with van der Waals surface area (Å²) in [6.07, 6.45) is 0.567. The Kier molecular flexibility index (Phi) is 3.72. The van der Waals surface area contributed by atoms with Gasteiger partial charge < -0.3 is 25.2 Å².